The predicted molar refractivity (Wildman–Crippen MR) is 58.9 cm³/mol. The molecular weight excluding hydrogens is 174 g/mol. The number of benzene rings is 1. The zero-order valence-electron chi connectivity index (χ0n) is 8.82. The summed E-state index contributed by atoms with van der Waals surface area (Å²) in [6.45, 7) is 4.32. The highest BCUT2D eigenvalue weighted by atomic mass is 16.5. The minimum atomic E-state index is 0.421. The second-order valence-corrected chi connectivity index (χ2v) is 3.71. The second-order valence-electron chi connectivity index (χ2n) is 3.71. The van der Waals surface area contributed by atoms with Crippen LogP contribution in [0.3, 0.4) is 0 Å². The molecule has 0 saturated carbocycles. The molecule has 1 aromatic heterocycles. The van der Waals surface area contributed by atoms with Gasteiger partial charge in [-0.3, -0.25) is 0 Å². The number of fused-ring (bicyclic) bond motifs is 1. The maximum Gasteiger partial charge on any atom is 0.194 e. The molecule has 0 aliphatic rings. The number of para-hydroxylation sites is 1. The van der Waals surface area contributed by atoms with Gasteiger partial charge < -0.3 is 9.30 Å². The first-order valence-corrected chi connectivity index (χ1v) is 4.88. The van der Waals surface area contributed by atoms with Crippen molar-refractivity contribution in [2.75, 3.05) is 7.11 Å². The number of hydrogen-bond acceptors (Lipinski definition) is 1. The van der Waals surface area contributed by atoms with E-state index in [1.807, 2.05) is 6.07 Å². The molecule has 0 amide bonds. The summed E-state index contributed by atoms with van der Waals surface area (Å²) in [6.07, 6.45) is 0. The topological polar surface area (TPSA) is 14.2 Å². The maximum absolute atomic E-state index is 5.35. The molecule has 0 aliphatic heterocycles. The molecule has 0 N–H and O–H groups in total. The fourth-order valence-electron chi connectivity index (χ4n) is 1.84. The van der Waals surface area contributed by atoms with E-state index >= 15 is 0 Å². The molecule has 0 spiro atoms. The van der Waals surface area contributed by atoms with Crippen molar-refractivity contribution >= 4 is 10.9 Å². The summed E-state index contributed by atoms with van der Waals surface area (Å²) < 4.78 is 7.56. The summed E-state index contributed by atoms with van der Waals surface area (Å²) in [7, 11) is 1.72. The van der Waals surface area contributed by atoms with Gasteiger partial charge in [-0.1, -0.05) is 18.2 Å². The van der Waals surface area contributed by atoms with Gasteiger partial charge in [0.05, 0.1) is 12.6 Å². The van der Waals surface area contributed by atoms with E-state index in [1.165, 1.54) is 10.9 Å². The molecule has 0 saturated heterocycles. The molecule has 0 fully saturated rings. The first kappa shape index (κ1) is 9.13. The molecule has 1 heterocycles. The Hall–Kier alpha value is -1.44. The molecule has 0 radical (unpaired) electrons. The lowest BCUT2D eigenvalue weighted by atomic mass is 10.2. The predicted octanol–water partition coefficient (Wildman–Crippen LogP) is 3.23. The third-order valence-electron chi connectivity index (χ3n) is 2.44. The average molecular weight is 189 g/mol. The van der Waals surface area contributed by atoms with E-state index in [-0.39, 0.29) is 0 Å². The van der Waals surface area contributed by atoms with Gasteiger partial charge in [0.25, 0.3) is 0 Å². The average Bonchev–Trinajstić information content (AvgIpc) is 2.55. The number of nitrogens with zero attached hydrogens (tertiary/aromatic N) is 1. The monoisotopic (exact) mass is 189 g/mol. The van der Waals surface area contributed by atoms with Gasteiger partial charge in [0.2, 0.25) is 0 Å². The van der Waals surface area contributed by atoms with E-state index in [0.717, 1.165) is 5.88 Å². The summed E-state index contributed by atoms with van der Waals surface area (Å²) in [5, 5.41) is 1.23. The van der Waals surface area contributed by atoms with Gasteiger partial charge in [0.1, 0.15) is 0 Å². The third-order valence-corrected chi connectivity index (χ3v) is 2.44. The van der Waals surface area contributed by atoms with E-state index in [2.05, 4.69) is 42.7 Å². The summed E-state index contributed by atoms with van der Waals surface area (Å²) in [4.78, 5) is 0. The highest BCUT2D eigenvalue weighted by Crippen LogP contribution is 2.28. The lowest BCUT2D eigenvalue weighted by Gasteiger charge is -2.12. The molecule has 2 nitrogen and oxygen atoms in total. The van der Waals surface area contributed by atoms with E-state index in [9.17, 15) is 0 Å². The van der Waals surface area contributed by atoms with Crippen molar-refractivity contribution < 1.29 is 4.74 Å². The molecule has 2 heteroatoms. The van der Waals surface area contributed by atoms with Gasteiger partial charge in [-0.25, -0.2) is 0 Å². The molecule has 0 bridgehead atoms. The van der Waals surface area contributed by atoms with Gasteiger partial charge in [-0.2, -0.15) is 0 Å². The molecule has 74 valence electrons. The Bertz CT molecular complexity index is 443. The first-order chi connectivity index (χ1) is 6.74. The van der Waals surface area contributed by atoms with Crippen LogP contribution < -0.4 is 4.74 Å². The van der Waals surface area contributed by atoms with Crippen molar-refractivity contribution in [3.8, 4) is 5.88 Å². The van der Waals surface area contributed by atoms with Crippen LogP contribution in [0.5, 0.6) is 5.88 Å². The van der Waals surface area contributed by atoms with Crippen LogP contribution in [0.1, 0.15) is 19.9 Å². The molecule has 0 atom stereocenters. The Balaban J connectivity index is 2.74. The normalized spacial score (nSPS) is 11.1. The van der Waals surface area contributed by atoms with Crippen LogP contribution in [0.15, 0.2) is 30.3 Å². The summed E-state index contributed by atoms with van der Waals surface area (Å²) in [5.41, 5.74) is 1.24. The third kappa shape index (κ3) is 1.27. The molecule has 0 unspecified atom stereocenters. The highest BCUT2D eigenvalue weighted by molar-refractivity contribution is 5.82. The van der Waals surface area contributed by atoms with Crippen molar-refractivity contribution in [2.45, 2.75) is 19.9 Å². The van der Waals surface area contributed by atoms with E-state index in [0.29, 0.717) is 6.04 Å². The molecule has 0 aliphatic carbocycles. The first-order valence-electron chi connectivity index (χ1n) is 4.88. The second kappa shape index (κ2) is 3.37. The Kier molecular flexibility index (Phi) is 2.20. The van der Waals surface area contributed by atoms with Crippen molar-refractivity contribution in [1.82, 2.24) is 4.57 Å². The SMILES string of the molecule is COc1cc2ccccc2n1C(C)C. The van der Waals surface area contributed by atoms with Crippen LogP contribution >= 0.6 is 0 Å². The van der Waals surface area contributed by atoms with Crippen molar-refractivity contribution in [3.63, 3.8) is 0 Å². The molecular formula is C12H15NO. The van der Waals surface area contributed by atoms with Gasteiger partial charge >= 0.3 is 0 Å². The zero-order chi connectivity index (χ0) is 10.1. The highest BCUT2D eigenvalue weighted by Gasteiger charge is 2.10. The Labute approximate surface area is 84.1 Å². The van der Waals surface area contributed by atoms with Crippen molar-refractivity contribution in [3.05, 3.63) is 30.3 Å². The fourth-order valence-corrected chi connectivity index (χ4v) is 1.84. The molecule has 1 aromatic carbocycles. The Morgan fingerprint density at radius 1 is 1.21 bits per heavy atom. The quantitative estimate of drug-likeness (QED) is 0.707. The molecule has 2 rings (SSSR count). The van der Waals surface area contributed by atoms with Crippen molar-refractivity contribution in [1.29, 1.82) is 0 Å². The smallest absolute Gasteiger partial charge is 0.194 e. The van der Waals surface area contributed by atoms with Gasteiger partial charge in [-0.15, -0.1) is 0 Å². The summed E-state index contributed by atoms with van der Waals surface area (Å²) in [5.74, 6) is 0.932. The van der Waals surface area contributed by atoms with Gasteiger partial charge in [-0.05, 0) is 19.9 Å². The van der Waals surface area contributed by atoms with Gasteiger partial charge in [0, 0.05) is 17.5 Å². The number of rotatable bonds is 2. The van der Waals surface area contributed by atoms with Crippen LogP contribution in [0.4, 0.5) is 0 Å². The Morgan fingerprint density at radius 3 is 2.57 bits per heavy atom. The number of aromatic nitrogens is 1. The summed E-state index contributed by atoms with van der Waals surface area (Å²) >= 11 is 0. The maximum atomic E-state index is 5.35. The zero-order valence-corrected chi connectivity index (χ0v) is 8.82. The summed E-state index contributed by atoms with van der Waals surface area (Å²) in [6, 6.07) is 10.8. The number of ether oxygens (including phenoxy) is 1. The van der Waals surface area contributed by atoms with E-state index in [1.54, 1.807) is 7.11 Å². The molecule has 2 aromatic rings. The Morgan fingerprint density at radius 2 is 1.93 bits per heavy atom. The lowest BCUT2D eigenvalue weighted by Crippen LogP contribution is -2.02. The minimum Gasteiger partial charge on any atom is -0.482 e. The largest absolute Gasteiger partial charge is 0.482 e. The van der Waals surface area contributed by atoms with E-state index in [4.69, 9.17) is 4.74 Å². The van der Waals surface area contributed by atoms with Crippen LogP contribution in [-0.4, -0.2) is 11.7 Å². The van der Waals surface area contributed by atoms with E-state index < -0.39 is 0 Å². The van der Waals surface area contributed by atoms with Crippen LogP contribution in [0.25, 0.3) is 10.9 Å². The number of methoxy groups -OCH3 is 1. The minimum absolute atomic E-state index is 0.421. The van der Waals surface area contributed by atoms with Crippen molar-refractivity contribution in [2.24, 2.45) is 0 Å². The molecule has 14 heavy (non-hydrogen) atoms. The van der Waals surface area contributed by atoms with Crippen LogP contribution in [0, 0.1) is 0 Å². The standard InChI is InChI=1S/C12H15NO/c1-9(2)13-11-7-5-4-6-10(11)8-12(13)14-3/h4-9H,1-3H3. The van der Waals surface area contributed by atoms with Crippen LogP contribution in [0.2, 0.25) is 0 Å². The number of hydrogen-bond donors (Lipinski definition) is 0. The lowest BCUT2D eigenvalue weighted by molar-refractivity contribution is 0.365. The van der Waals surface area contributed by atoms with Gasteiger partial charge in [0.15, 0.2) is 5.88 Å². The van der Waals surface area contributed by atoms with Crippen LogP contribution in [-0.2, 0) is 0 Å². The fraction of sp³-hybridized carbons (Fsp3) is 0.333.